The van der Waals surface area contributed by atoms with Gasteiger partial charge < -0.3 is 4.74 Å². The van der Waals surface area contributed by atoms with Crippen LogP contribution in [0.25, 0.3) is 0 Å². The minimum atomic E-state index is -4.64. The molecule has 118 valence electrons. The molecule has 1 rings (SSSR count). The average molecular weight is 324 g/mol. The summed E-state index contributed by atoms with van der Waals surface area (Å²) in [5.41, 5.74) is -1.93. The number of unbranched alkanes of at least 4 members (excludes halogenated alkanes) is 1. The molecule has 0 aliphatic rings. The molecule has 0 aliphatic heterocycles. The van der Waals surface area contributed by atoms with E-state index in [0.29, 0.717) is 18.9 Å². The summed E-state index contributed by atoms with van der Waals surface area (Å²) in [5.74, 6) is -0.395. The molecule has 0 N–H and O–H groups in total. The van der Waals surface area contributed by atoms with E-state index in [1.807, 2.05) is 0 Å². The maximum Gasteiger partial charge on any atom is 0.433 e. The SMILES string of the molecule is CSc1nc(C(F)(F)F)cc(=O)n1CCCCOC(C)=O. The molecule has 0 saturated heterocycles. The number of esters is 1. The lowest BCUT2D eigenvalue weighted by molar-refractivity contribution is -0.142. The molecule has 0 spiro atoms. The van der Waals surface area contributed by atoms with E-state index in [4.69, 9.17) is 4.74 Å². The Morgan fingerprint density at radius 2 is 2.10 bits per heavy atom. The molecular weight excluding hydrogens is 309 g/mol. The molecule has 0 atom stereocenters. The highest BCUT2D eigenvalue weighted by atomic mass is 32.2. The van der Waals surface area contributed by atoms with Crippen molar-refractivity contribution in [2.75, 3.05) is 12.9 Å². The van der Waals surface area contributed by atoms with Crippen LogP contribution in [0.5, 0.6) is 0 Å². The van der Waals surface area contributed by atoms with Crippen molar-refractivity contribution in [2.24, 2.45) is 0 Å². The van der Waals surface area contributed by atoms with Crippen LogP contribution in [0.4, 0.5) is 13.2 Å². The molecule has 5 nitrogen and oxygen atoms in total. The summed E-state index contributed by atoms with van der Waals surface area (Å²) < 4.78 is 43.6. The maximum atomic E-state index is 12.6. The fraction of sp³-hybridized carbons (Fsp3) is 0.583. The van der Waals surface area contributed by atoms with Crippen LogP contribution in [-0.4, -0.2) is 28.4 Å². The predicted molar refractivity (Wildman–Crippen MR) is 71.1 cm³/mol. The number of ether oxygens (including phenoxy) is 1. The van der Waals surface area contributed by atoms with E-state index in [2.05, 4.69) is 4.98 Å². The van der Waals surface area contributed by atoms with Gasteiger partial charge in [0.2, 0.25) is 0 Å². The summed E-state index contributed by atoms with van der Waals surface area (Å²) in [5, 5.41) is 0.0160. The van der Waals surface area contributed by atoms with Gasteiger partial charge in [0.05, 0.1) is 6.61 Å². The molecular formula is C12H15F3N2O3S. The summed E-state index contributed by atoms with van der Waals surface area (Å²) in [6.45, 7) is 1.73. The Morgan fingerprint density at radius 3 is 2.62 bits per heavy atom. The van der Waals surface area contributed by atoms with Gasteiger partial charge in [-0.1, -0.05) is 11.8 Å². The Hall–Kier alpha value is -1.51. The normalized spacial score (nSPS) is 11.5. The number of halogens is 3. The number of hydrogen-bond acceptors (Lipinski definition) is 5. The van der Waals surface area contributed by atoms with Crippen LogP contribution in [-0.2, 0) is 22.3 Å². The number of hydrogen-bond donors (Lipinski definition) is 0. The number of nitrogens with zero attached hydrogens (tertiary/aromatic N) is 2. The molecule has 0 amide bonds. The maximum absolute atomic E-state index is 12.6. The van der Waals surface area contributed by atoms with Gasteiger partial charge in [0.15, 0.2) is 10.9 Å². The smallest absolute Gasteiger partial charge is 0.433 e. The van der Waals surface area contributed by atoms with Crippen molar-refractivity contribution in [1.29, 1.82) is 0 Å². The highest BCUT2D eigenvalue weighted by molar-refractivity contribution is 7.98. The van der Waals surface area contributed by atoms with Gasteiger partial charge in [-0.2, -0.15) is 13.2 Å². The van der Waals surface area contributed by atoms with Gasteiger partial charge in [-0.15, -0.1) is 0 Å². The summed E-state index contributed by atoms with van der Waals surface area (Å²) in [6.07, 6.45) is -2.08. The van der Waals surface area contributed by atoms with Crippen molar-refractivity contribution >= 4 is 17.7 Å². The number of thioether (sulfide) groups is 1. The first-order valence-corrected chi connectivity index (χ1v) is 7.34. The third-order valence-corrected chi connectivity index (χ3v) is 3.20. The van der Waals surface area contributed by atoms with Gasteiger partial charge in [-0.3, -0.25) is 14.2 Å². The first kappa shape index (κ1) is 17.5. The van der Waals surface area contributed by atoms with Crippen molar-refractivity contribution in [1.82, 2.24) is 9.55 Å². The third kappa shape index (κ3) is 5.41. The van der Waals surface area contributed by atoms with E-state index in [9.17, 15) is 22.8 Å². The molecule has 1 aromatic rings. The molecule has 9 heteroatoms. The van der Waals surface area contributed by atoms with Crippen LogP contribution in [0.15, 0.2) is 16.0 Å². The Morgan fingerprint density at radius 1 is 1.43 bits per heavy atom. The van der Waals surface area contributed by atoms with Crippen LogP contribution in [0.1, 0.15) is 25.5 Å². The molecule has 1 aromatic heterocycles. The predicted octanol–water partition coefficient (Wildman–Crippen LogP) is 2.33. The topological polar surface area (TPSA) is 61.2 Å². The first-order chi connectivity index (χ1) is 9.75. The molecule has 0 aliphatic carbocycles. The van der Waals surface area contributed by atoms with Gasteiger partial charge in [0.1, 0.15) is 0 Å². The zero-order valence-corrected chi connectivity index (χ0v) is 12.4. The quantitative estimate of drug-likeness (QED) is 0.348. The van der Waals surface area contributed by atoms with E-state index in [-0.39, 0.29) is 18.3 Å². The highest BCUT2D eigenvalue weighted by Gasteiger charge is 2.34. The molecule has 0 radical (unpaired) electrons. The minimum Gasteiger partial charge on any atom is -0.466 e. The van der Waals surface area contributed by atoms with E-state index in [1.54, 1.807) is 6.26 Å². The molecule has 1 heterocycles. The summed E-state index contributed by atoms with van der Waals surface area (Å²) in [4.78, 5) is 25.8. The number of alkyl halides is 3. The van der Waals surface area contributed by atoms with Crippen molar-refractivity contribution in [3.05, 3.63) is 22.1 Å². The second-order valence-corrected chi connectivity index (χ2v) is 4.94. The molecule has 0 saturated carbocycles. The van der Waals surface area contributed by atoms with E-state index >= 15 is 0 Å². The fourth-order valence-electron chi connectivity index (χ4n) is 1.58. The largest absolute Gasteiger partial charge is 0.466 e. The van der Waals surface area contributed by atoms with Crippen molar-refractivity contribution in [2.45, 2.75) is 37.6 Å². The minimum absolute atomic E-state index is 0.0160. The van der Waals surface area contributed by atoms with E-state index in [1.165, 1.54) is 11.5 Å². The van der Waals surface area contributed by atoms with Crippen molar-refractivity contribution in [3.63, 3.8) is 0 Å². The molecule has 0 bridgehead atoms. The average Bonchev–Trinajstić information content (AvgIpc) is 2.37. The Balaban J connectivity index is 2.79. The standard InChI is InChI=1S/C12H15F3N2O3S/c1-8(18)20-6-4-3-5-17-10(19)7-9(12(13,14)15)16-11(17)21-2/h7H,3-6H2,1-2H3. The van der Waals surface area contributed by atoms with Gasteiger partial charge in [-0.05, 0) is 19.1 Å². The highest BCUT2D eigenvalue weighted by Crippen LogP contribution is 2.27. The van der Waals surface area contributed by atoms with Gasteiger partial charge in [0, 0.05) is 19.5 Å². The van der Waals surface area contributed by atoms with Gasteiger partial charge in [-0.25, -0.2) is 4.98 Å². The number of carbonyl (C=O) groups excluding carboxylic acids is 1. The zero-order valence-electron chi connectivity index (χ0n) is 11.6. The summed E-state index contributed by atoms with van der Waals surface area (Å²) in [7, 11) is 0. The van der Waals surface area contributed by atoms with Crippen molar-refractivity contribution in [3.8, 4) is 0 Å². The van der Waals surface area contributed by atoms with Crippen LogP contribution in [0.3, 0.4) is 0 Å². The monoisotopic (exact) mass is 324 g/mol. The third-order valence-electron chi connectivity index (χ3n) is 2.53. The lowest BCUT2D eigenvalue weighted by atomic mass is 10.3. The molecule has 0 unspecified atom stereocenters. The van der Waals surface area contributed by atoms with Crippen LogP contribution < -0.4 is 5.56 Å². The lowest BCUT2D eigenvalue weighted by Gasteiger charge is -2.13. The fourth-order valence-corrected chi connectivity index (χ4v) is 2.17. The second kappa shape index (κ2) is 7.48. The van der Waals surface area contributed by atoms with Crippen molar-refractivity contribution < 1.29 is 22.7 Å². The van der Waals surface area contributed by atoms with E-state index in [0.717, 1.165) is 11.8 Å². The zero-order chi connectivity index (χ0) is 16.0. The Bertz CT molecular complexity index is 558. The summed E-state index contributed by atoms with van der Waals surface area (Å²) in [6, 6.07) is 0.492. The lowest BCUT2D eigenvalue weighted by Crippen LogP contribution is -2.26. The number of rotatable bonds is 6. The molecule has 0 fully saturated rings. The Labute approximate surface area is 123 Å². The Kier molecular flexibility index (Phi) is 6.25. The van der Waals surface area contributed by atoms with Gasteiger partial charge in [0.25, 0.3) is 5.56 Å². The van der Waals surface area contributed by atoms with Crippen LogP contribution in [0, 0.1) is 0 Å². The second-order valence-electron chi connectivity index (χ2n) is 4.16. The molecule has 21 heavy (non-hydrogen) atoms. The number of carbonyl (C=O) groups is 1. The van der Waals surface area contributed by atoms with Crippen LogP contribution >= 0.6 is 11.8 Å². The van der Waals surface area contributed by atoms with Crippen LogP contribution in [0.2, 0.25) is 0 Å². The first-order valence-electron chi connectivity index (χ1n) is 6.12. The summed E-state index contributed by atoms with van der Waals surface area (Å²) >= 11 is 0.975. The van der Waals surface area contributed by atoms with E-state index < -0.39 is 23.4 Å². The molecule has 0 aromatic carbocycles. The number of aromatic nitrogens is 2. The van der Waals surface area contributed by atoms with Gasteiger partial charge >= 0.3 is 12.1 Å².